The van der Waals surface area contributed by atoms with Crippen LogP contribution in [0.5, 0.6) is 5.75 Å². The number of anilines is 2. The molecule has 0 atom stereocenters. The maximum atomic E-state index is 12.6. The maximum Gasteiger partial charge on any atom is 0.262 e. The predicted molar refractivity (Wildman–Crippen MR) is 102 cm³/mol. The van der Waals surface area contributed by atoms with Gasteiger partial charge in [0.25, 0.3) is 11.8 Å². The fourth-order valence-electron chi connectivity index (χ4n) is 3.45. The molecular formula is C20H22N4O3. The van der Waals surface area contributed by atoms with Crippen LogP contribution in [-0.2, 0) is 11.3 Å². The van der Waals surface area contributed by atoms with E-state index >= 15 is 0 Å². The lowest BCUT2D eigenvalue weighted by Gasteiger charge is -2.29. The summed E-state index contributed by atoms with van der Waals surface area (Å²) in [7, 11) is 0. The Morgan fingerprint density at radius 2 is 2.07 bits per heavy atom. The summed E-state index contributed by atoms with van der Waals surface area (Å²) in [6.45, 7) is 2.39. The first-order valence-corrected chi connectivity index (χ1v) is 9.24. The van der Waals surface area contributed by atoms with Crippen LogP contribution in [0, 0.1) is 0 Å². The molecule has 2 N–H and O–H groups in total. The van der Waals surface area contributed by atoms with Crippen molar-refractivity contribution in [3.8, 4) is 5.75 Å². The van der Waals surface area contributed by atoms with Crippen molar-refractivity contribution in [2.24, 2.45) is 0 Å². The van der Waals surface area contributed by atoms with E-state index in [9.17, 15) is 9.59 Å². The average molecular weight is 366 g/mol. The van der Waals surface area contributed by atoms with E-state index in [0.29, 0.717) is 23.5 Å². The average Bonchev–Trinajstić information content (AvgIpc) is 2.72. The molecule has 2 aromatic rings. The van der Waals surface area contributed by atoms with Gasteiger partial charge in [0, 0.05) is 37.0 Å². The van der Waals surface area contributed by atoms with Gasteiger partial charge in [-0.1, -0.05) is 6.07 Å². The second-order valence-corrected chi connectivity index (χ2v) is 6.76. The van der Waals surface area contributed by atoms with Crippen molar-refractivity contribution in [3.05, 3.63) is 47.7 Å². The zero-order valence-electron chi connectivity index (χ0n) is 15.0. The summed E-state index contributed by atoms with van der Waals surface area (Å²) < 4.78 is 5.38. The molecule has 1 fully saturated rings. The fraction of sp³-hybridized carbons (Fsp3) is 0.350. The minimum absolute atomic E-state index is 0.0348. The molecule has 0 radical (unpaired) electrons. The molecule has 1 saturated heterocycles. The lowest BCUT2D eigenvalue weighted by atomic mass is 10.1. The molecule has 3 heterocycles. The molecule has 0 unspecified atom stereocenters. The number of carbonyl (C=O) groups excluding carboxylic acids is 2. The molecule has 7 heteroatoms. The molecule has 4 rings (SSSR count). The summed E-state index contributed by atoms with van der Waals surface area (Å²) in [6.07, 6.45) is 5.41. The largest absolute Gasteiger partial charge is 0.482 e. The van der Waals surface area contributed by atoms with Crippen LogP contribution in [0.4, 0.5) is 11.5 Å². The SMILES string of the molecule is O=C1COc2cc(C(=O)NCc3cccnc3N3CCCCC3)ccc2N1. The normalized spacial score (nSPS) is 16.1. The van der Waals surface area contributed by atoms with E-state index in [2.05, 4.69) is 20.5 Å². The van der Waals surface area contributed by atoms with Crippen molar-refractivity contribution in [3.63, 3.8) is 0 Å². The van der Waals surface area contributed by atoms with E-state index in [-0.39, 0.29) is 18.4 Å². The number of benzene rings is 1. The van der Waals surface area contributed by atoms with Gasteiger partial charge in [-0.2, -0.15) is 0 Å². The third kappa shape index (κ3) is 3.86. The molecule has 1 aromatic carbocycles. The van der Waals surface area contributed by atoms with Gasteiger partial charge in [-0.25, -0.2) is 4.98 Å². The number of pyridine rings is 1. The van der Waals surface area contributed by atoms with E-state index < -0.39 is 0 Å². The van der Waals surface area contributed by atoms with Crippen molar-refractivity contribution >= 4 is 23.3 Å². The molecule has 0 aliphatic carbocycles. The topological polar surface area (TPSA) is 83.6 Å². The third-order valence-electron chi connectivity index (χ3n) is 4.84. The summed E-state index contributed by atoms with van der Waals surface area (Å²) >= 11 is 0. The third-order valence-corrected chi connectivity index (χ3v) is 4.84. The van der Waals surface area contributed by atoms with Gasteiger partial charge in [0.15, 0.2) is 6.61 Å². The summed E-state index contributed by atoms with van der Waals surface area (Å²) in [5.41, 5.74) is 2.09. The Kier molecular flexibility index (Phi) is 4.91. The van der Waals surface area contributed by atoms with Crippen molar-refractivity contribution < 1.29 is 14.3 Å². The van der Waals surface area contributed by atoms with Crippen LogP contribution in [0.1, 0.15) is 35.2 Å². The highest BCUT2D eigenvalue weighted by Crippen LogP contribution is 2.28. The van der Waals surface area contributed by atoms with Crippen LogP contribution in [0.15, 0.2) is 36.5 Å². The molecule has 0 bridgehead atoms. The van der Waals surface area contributed by atoms with Gasteiger partial charge in [-0.3, -0.25) is 9.59 Å². The number of rotatable bonds is 4. The van der Waals surface area contributed by atoms with E-state index in [0.717, 1.165) is 24.5 Å². The molecule has 0 spiro atoms. The maximum absolute atomic E-state index is 12.6. The lowest BCUT2D eigenvalue weighted by Crippen LogP contribution is -2.32. The molecule has 0 saturated carbocycles. The predicted octanol–water partition coefficient (Wildman–Crippen LogP) is 2.33. The quantitative estimate of drug-likeness (QED) is 0.868. The number of ether oxygens (including phenoxy) is 1. The molecule has 140 valence electrons. The van der Waals surface area contributed by atoms with E-state index in [1.54, 1.807) is 24.4 Å². The summed E-state index contributed by atoms with van der Waals surface area (Å²) in [4.78, 5) is 30.7. The number of nitrogens with one attached hydrogen (secondary N) is 2. The summed E-state index contributed by atoms with van der Waals surface area (Å²) in [6, 6.07) is 8.91. The fourth-order valence-corrected chi connectivity index (χ4v) is 3.45. The smallest absolute Gasteiger partial charge is 0.262 e. The molecule has 7 nitrogen and oxygen atoms in total. The van der Waals surface area contributed by atoms with Crippen LogP contribution < -0.4 is 20.3 Å². The van der Waals surface area contributed by atoms with Gasteiger partial charge in [-0.15, -0.1) is 0 Å². The van der Waals surface area contributed by atoms with Crippen LogP contribution in [0.25, 0.3) is 0 Å². The zero-order valence-corrected chi connectivity index (χ0v) is 15.0. The van der Waals surface area contributed by atoms with Gasteiger partial charge in [0.05, 0.1) is 5.69 Å². The van der Waals surface area contributed by atoms with Crippen LogP contribution in [0.2, 0.25) is 0 Å². The van der Waals surface area contributed by atoms with Crippen molar-refractivity contribution in [1.29, 1.82) is 0 Å². The van der Waals surface area contributed by atoms with Gasteiger partial charge in [0.2, 0.25) is 0 Å². The van der Waals surface area contributed by atoms with Crippen LogP contribution in [0.3, 0.4) is 0 Å². The van der Waals surface area contributed by atoms with Crippen molar-refractivity contribution in [1.82, 2.24) is 10.3 Å². The first-order chi connectivity index (χ1) is 13.2. The van der Waals surface area contributed by atoms with Crippen molar-refractivity contribution in [2.45, 2.75) is 25.8 Å². The molecule has 1 aromatic heterocycles. The van der Waals surface area contributed by atoms with Crippen LogP contribution >= 0.6 is 0 Å². The molecule has 2 aliphatic rings. The Morgan fingerprint density at radius 3 is 2.93 bits per heavy atom. The molecule has 2 aliphatic heterocycles. The Labute approximate surface area is 157 Å². The number of hydrogen-bond acceptors (Lipinski definition) is 5. The minimum atomic E-state index is -0.193. The molecule has 27 heavy (non-hydrogen) atoms. The second kappa shape index (κ2) is 7.65. The number of fused-ring (bicyclic) bond motifs is 1. The monoisotopic (exact) mass is 366 g/mol. The number of aromatic nitrogens is 1. The lowest BCUT2D eigenvalue weighted by molar-refractivity contribution is -0.118. The molecule has 2 amide bonds. The van der Waals surface area contributed by atoms with Gasteiger partial charge in [0.1, 0.15) is 11.6 Å². The van der Waals surface area contributed by atoms with Crippen molar-refractivity contribution in [2.75, 3.05) is 29.9 Å². The summed E-state index contributed by atoms with van der Waals surface area (Å²) in [5, 5.41) is 5.68. The second-order valence-electron chi connectivity index (χ2n) is 6.76. The van der Waals surface area contributed by atoms with Gasteiger partial charge >= 0.3 is 0 Å². The Bertz CT molecular complexity index is 862. The standard InChI is InChI=1S/C20H22N4O3/c25-18-13-27-17-11-14(6-7-16(17)23-18)20(26)22-12-15-5-4-8-21-19(15)24-9-2-1-3-10-24/h4-8,11H,1-3,9-10,12-13H2,(H,22,26)(H,23,25). The number of piperidine rings is 1. The van der Waals surface area contributed by atoms with E-state index in [1.807, 2.05) is 12.1 Å². The molecular weight excluding hydrogens is 344 g/mol. The minimum Gasteiger partial charge on any atom is -0.482 e. The first-order valence-electron chi connectivity index (χ1n) is 9.24. The van der Waals surface area contributed by atoms with E-state index in [4.69, 9.17) is 4.74 Å². The number of carbonyl (C=O) groups is 2. The Balaban J connectivity index is 1.45. The highest BCUT2D eigenvalue weighted by molar-refractivity contribution is 5.99. The Morgan fingerprint density at radius 1 is 1.22 bits per heavy atom. The van der Waals surface area contributed by atoms with Gasteiger partial charge in [-0.05, 0) is 43.5 Å². The highest BCUT2D eigenvalue weighted by atomic mass is 16.5. The zero-order chi connectivity index (χ0) is 18.6. The first kappa shape index (κ1) is 17.3. The number of nitrogens with zero attached hydrogens (tertiary/aromatic N) is 2. The Hall–Kier alpha value is -3.09. The van der Waals surface area contributed by atoms with Gasteiger partial charge < -0.3 is 20.3 Å². The summed E-state index contributed by atoms with van der Waals surface area (Å²) in [5.74, 6) is 1.08. The van der Waals surface area contributed by atoms with Crippen LogP contribution in [-0.4, -0.2) is 36.5 Å². The van der Waals surface area contributed by atoms with E-state index in [1.165, 1.54) is 19.3 Å². The number of amides is 2. The highest BCUT2D eigenvalue weighted by Gasteiger charge is 2.19. The number of hydrogen-bond donors (Lipinski definition) is 2.